The molecular formula is C12H15NO2. The molecule has 0 N–H and O–H groups in total. The van der Waals surface area contributed by atoms with E-state index in [2.05, 4.69) is 11.0 Å². The second-order valence-corrected chi connectivity index (χ2v) is 3.97. The zero-order valence-electron chi connectivity index (χ0n) is 9.06. The first kappa shape index (κ1) is 10.2. The molecular weight excluding hydrogens is 190 g/mol. The highest BCUT2D eigenvalue weighted by Crippen LogP contribution is 2.28. The highest BCUT2D eigenvalue weighted by Gasteiger charge is 2.29. The molecule has 3 nitrogen and oxygen atoms in total. The minimum Gasteiger partial charge on any atom is -0.469 e. The van der Waals surface area contributed by atoms with Crippen molar-refractivity contribution in [3.8, 4) is 0 Å². The maximum atomic E-state index is 11.6. The highest BCUT2D eigenvalue weighted by atomic mass is 16.5. The van der Waals surface area contributed by atoms with E-state index in [9.17, 15) is 4.79 Å². The number of rotatable bonds is 1. The van der Waals surface area contributed by atoms with Gasteiger partial charge in [0.1, 0.15) is 0 Å². The number of hydrogen-bond acceptors (Lipinski definition) is 3. The fraction of sp³-hybridized carbons (Fsp3) is 0.417. The van der Waals surface area contributed by atoms with Crippen LogP contribution in [0.25, 0.3) is 0 Å². The summed E-state index contributed by atoms with van der Waals surface area (Å²) in [6, 6.07) is 8.07. The summed E-state index contributed by atoms with van der Waals surface area (Å²) in [4.78, 5) is 13.8. The Morgan fingerprint density at radius 3 is 2.93 bits per heavy atom. The van der Waals surface area contributed by atoms with Gasteiger partial charge in [0.25, 0.3) is 0 Å². The Kier molecular flexibility index (Phi) is 2.73. The predicted octanol–water partition coefficient (Wildman–Crippen LogP) is 1.39. The molecule has 0 fully saturated rings. The molecule has 1 aromatic rings. The van der Waals surface area contributed by atoms with Crippen molar-refractivity contribution < 1.29 is 9.53 Å². The SMILES string of the molecule is COC(=O)C1CN(C)Cc2ccccc21. The Morgan fingerprint density at radius 1 is 1.47 bits per heavy atom. The van der Waals surface area contributed by atoms with E-state index in [0.29, 0.717) is 0 Å². The van der Waals surface area contributed by atoms with Crippen molar-refractivity contribution in [1.82, 2.24) is 4.90 Å². The molecule has 1 aromatic carbocycles. The van der Waals surface area contributed by atoms with E-state index < -0.39 is 0 Å². The smallest absolute Gasteiger partial charge is 0.314 e. The second kappa shape index (κ2) is 4.03. The van der Waals surface area contributed by atoms with Crippen LogP contribution >= 0.6 is 0 Å². The average molecular weight is 205 g/mol. The van der Waals surface area contributed by atoms with Gasteiger partial charge in [0.2, 0.25) is 0 Å². The molecule has 0 radical (unpaired) electrons. The van der Waals surface area contributed by atoms with E-state index in [1.807, 2.05) is 25.2 Å². The number of hydrogen-bond donors (Lipinski definition) is 0. The number of likely N-dealkylation sites (N-methyl/N-ethyl adjacent to an activating group) is 1. The predicted molar refractivity (Wildman–Crippen MR) is 57.5 cm³/mol. The van der Waals surface area contributed by atoms with E-state index >= 15 is 0 Å². The zero-order valence-corrected chi connectivity index (χ0v) is 9.06. The van der Waals surface area contributed by atoms with Gasteiger partial charge in [0, 0.05) is 13.1 Å². The standard InChI is InChI=1S/C12H15NO2/c1-13-7-9-5-3-4-6-10(9)11(8-13)12(14)15-2/h3-6,11H,7-8H2,1-2H3. The van der Waals surface area contributed by atoms with Gasteiger partial charge in [0.05, 0.1) is 13.0 Å². The molecule has 0 spiro atoms. The molecule has 0 saturated heterocycles. The van der Waals surface area contributed by atoms with Crippen LogP contribution in [-0.2, 0) is 16.1 Å². The number of carbonyl (C=O) groups excluding carboxylic acids is 1. The molecule has 1 unspecified atom stereocenters. The molecule has 80 valence electrons. The Bertz CT molecular complexity index is 376. The Balaban J connectivity index is 2.38. The first-order chi connectivity index (χ1) is 7.22. The lowest BCUT2D eigenvalue weighted by Crippen LogP contribution is -2.34. The number of benzene rings is 1. The number of fused-ring (bicyclic) bond motifs is 1. The monoisotopic (exact) mass is 205 g/mol. The molecule has 1 atom stereocenters. The third kappa shape index (κ3) is 1.88. The Labute approximate surface area is 89.7 Å². The van der Waals surface area contributed by atoms with E-state index in [-0.39, 0.29) is 11.9 Å². The Hall–Kier alpha value is -1.35. The maximum absolute atomic E-state index is 11.6. The van der Waals surface area contributed by atoms with Gasteiger partial charge >= 0.3 is 5.97 Å². The lowest BCUT2D eigenvalue weighted by Gasteiger charge is -2.30. The Morgan fingerprint density at radius 2 is 2.20 bits per heavy atom. The van der Waals surface area contributed by atoms with Gasteiger partial charge in [-0.25, -0.2) is 0 Å². The van der Waals surface area contributed by atoms with Gasteiger partial charge in [-0.2, -0.15) is 0 Å². The third-order valence-corrected chi connectivity index (χ3v) is 2.85. The molecule has 0 aliphatic carbocycles. The third-order valence-electron chi connectivity index (χ3n) is 2.85. The zero-order chi connectivity index (χ0) is 10.8. The summed E-state index contributed by atoms with van der Waals surface area (Å²) in [7, 11) is 3.46. The fourth-order valence-corrected chi connectivity index (χ4v) is 2.13. The molecule has 1 heterocycles. The molecule has 3 heteroatoms. The van der Waals surface area contributed by atoms with Crippen LogP contribution in [0.2, 0.25) is 0 Å². The van der Waals surface area contributed by atoms with Crippen molar-refractivity contribution >= 4 is 5.97 Å². The molecule has 0 bridgehead atoms. The fourth-order valence-electron chi connectivity index (χ4n) is 2.13. The van der Waals surface area contributed by atoms with Crippen LogP contribution in [-0.4, -0.2) is 31.6 Å². The lowest BCUT2D eigenvalue weighted by molar-refractivity contribution is -0.143. The van der Waals surface area contributed by atoms with Crippen LogP contribution in [0, 0.1) is 0 Å². The summed E-state index contributed by atoms with van der Waals surface area (Å²) in [5.74, 6) is -0.279. The molecule has 0 amide bonds. The van der Waals surface area contributed by atoms with Crippen LogP contribution in [0.4, 0.5) is 0 Å². The summed E-state index contributed by atoms with van der Waals surface area (Å²) in [5.41, 5.74) is 2.34. The van der Waals surface area contributed by atoms with Gasteiger partial charge in [-0.3, -0.25) is 4.79 Å². The summed E-state index contributed by atoms with van der Waals surface area (Å²) in [6.07, 6.45) is 0. The van der Waals surface area contributed by atoms with E-state index in [0.717, 1.165) is 18.7 Å². The first-order valence-electron chi connectivity index (χ1n) is 5.06. The number of nitrogens with zero attached hydrogens (tertiary/aromatic N) is 1. The van der Waals surface area contributed by atoms with Crippen molar-refractivity contribution in [2.24, 2.45) is 0 Å². The van der Waals surface area contributed by atoms with Gasteiger partial charge in [-0.1, -0.05) is 24.3 Å². The number of ether oxygens (including phenoxy) is 1. The summed E-state index contributed by atoms with van der Waals surface area (Å²) in [6.45, 7) is 1.65. The van der Waals surface area contributed by atoms with Crippen LogP contribution in [0.3, 0.4) is 0 Å². The van der Waals surface area contributed by atoms with Crippen LogP contribution in [0.5, 0.6) is 0 Å². The number of carbonyl (C=O) groups is 1. The second-order valence-electron chi connectivity index (χ2n) is 3.97. The molecule has 15 heavy (non-hydrogen) atoms. The van der Waals surface area contributed by atoms with E-state index in [4.69, 9.17) is 4.74 Å². The van der Waals surface area contributed by atoms with Gasteiger partial charge < -0.3 is 9.64 Å². The summed E-state index contributed by atoms with van der Waals surface area (Å²) in [5, 5.41) is 0. The van der Waals surface area contributed by atoms with E-state index in [1.54, 1.807) is 0 Å². The normalized spacial score (nSPS) is 20.8. The average Bonchev–Trinajstić information content (AvgIpc) is 2.26. The topological polar surface area (TPSA) is 29.5 Å². The summed E-state index contributed by atoms with van der Waals surface area (Å²) >= 11 is 0. The minimum absolute atomic E-state index is 0.134. The minimum atomic E-state index is -0.144. The first-order valence-corrected chi connectivity index (χ1v) is 5.06. The molecule has 1 aliphatic heterocycles. The van der Waals surface area contributed by atoms with Crippen molar-refractivity contribution in [2.45, 2.75) is 12.5 Å². The van der Waals surface area contributed by atoms with Gasteiger partial charge in [0.15, 0.2) is 0 Å². The molecule has 1 aliphatic rings. The molecule has 0 aromatic heterocycles. The largest absolute Gasteiger partial charge is 0.469 e. The van der Waals surface area contributed by atoms with Gasteiger partial charge in [-0.15, -0.1) is 0 Å². The molecule has 2 rings (SSSR count). The van der Waals surface area contributed by atoms with Crippen molar-refractivity contribution in [1.29, 1.82) is 0 Å². The summed E-state index contributed by atoms with van der Waals surface area (Å²) < 4.78 is 4.83. The van der Waals surface area contributed by atoms with Crippen LogP contribution < -0.4 is 0 Å². The quantitative estimate of drug-likeness (QED) is 0.649. The molecule has 0 saturated carbocycles. The van der Waals surface area contributed by atoms with Crippen molar-refractivity contribution in [2.75, 3.05) is 20.7 Å². The van der Waals surface area contributed by atoms with Crippen LogP contribution in [0.1, 0.15) is 17.0 Å². The van der Waals surface area contributed by atoms with Crippen molar-refractivity contribution in [3.05, 3.63) is 35.4 Å². The van der Waals surface area contributed by atoms with Crippen molar-refractivity contribution in [3.63, 3.8) is 0 Å². The van der Waals surface area contributed by atoms with E-state index in [1.165, 1.54) is 12.7 Å². The maximum Gasteiger partial charge on any atom is 0.314 e. The number of methoxy groups -OCH3 is 1. The van der Waals surface area contributed by atoms with Crippen LogP contribution in [0.15, 0.2) is 24.3 Å². The number of esters is 1. The van der Waals surface area contributed by atoms with Gasteiger partial charge in [-0.05, 0) is 18.2 Å². The lowest BCUT2D eigenvalue weighted by atomic mass is 9.90. The highest BCUT2D eigenvalue weighted by molar-refractivity contribution is 5.79.